The van der Waals surface area contributed by atoms with Gasteiger partial charge in [0, 0.05) is 34.3 Å². The molecule has 0 spiro atoms. The van der Waals surface area contributed by atoms with E-state index < -0.39 is 0 Å². The van der Waals surface area contributed by atoms with Gasteiger partial charge in [-0.15, -0.1) is 0 Å². The van der Waals surface area contributed by atoms with E-state index in [0.29, 0.717) is 12.4 Å². The van der Waals surface area contributed by atoms with E-state index in [1.165, 1.54) is 5.56 Å². The monoisotopic (exact) mass is 439 g/mol. The Morgan fingerprint density at radius 1 is 1.06 bits per heavy atom. The average molecular weight is 440 g/mol. The molecule has 0 radical (unpaired) electrons. The van der Waals surface area contributed by atoms with Gasteiger partial charge in [0.2, 0.25) is 5.91 Å². The Morgan fingerprint density at radius 3 is 2.55 bits per heavy atom. The van der Waals surface area contributed by atoms with Crippen molar-refractivity contribution in [2.75, 3.05) is 11.9 Å². The van der Waals surface area contributed by atoms with Crippen LogP contribution in [0.3, 0.4) is 0 Å². The highest BCUT2D eigenvalue weighted by molar-refractivity contribution is 6.05. The summed E-state index contributed by atoms with van der Waals surface area (Å²) in [6.45, 7) is 10.5. The first-order valence-electron chi connectivity index (χ1n) is 11.2. The van der Waals surface area contributed by atoms with Crippen molar-refractivity contribution in [1.29, 1.82) is 0 Å². The molecule has 0 fully saturated rings. The Morgan fingerprint density at radius 2 is 1.82 bits per heavy atom. The minimum absolute atomic E-state index is 0.172. The number of nitrogens with one attached hydrogen (secondary N) is 1. The molecule has 0 saturated carbocycles. The molecule has 4 nitrogen and oxygen atoms in total. The maximum Gasteiger partial charge on any atom is 0.248 e. The fourth-order valence-corrected chi connectivity index (χ4v) is 3.92. The molecule has 1 amide bonds. The molecule has 0 saturated heterocycles. The molecule has 1 heterocycles. The normalized spacial score (nSPS) is 11.6. The van der Waals surface area contributed by atoms with Crippen molar-refractivity contribution in [2.45, 2.75) is 34.6 Å². The number of ether oxygens (including phenoxy) is 1. The topological polar surface area (TPSA) is 51.5 Å². The summed E-state index contributed by atoms with van der Waals surface area (Å²) in [6.07, 6.45) is 3.40. The van der Waals surface area contributed by atoms with E-state index in [0.717, 1.165) is 50.0 Å². The van der Waals surface area contributed by atoms with Gasteiger partial charge in [0.05, 0.1) is 12.9 Å². The van der Waals surface area contributed by atoms with Crippen molar-refractivity contribution in [3.05, 3.63) is 89.2 Å². The van der Waals surface area contributed by atoms with Gasteiger partial charge in [-0.25, -0.2) is 0 Å². The fraction of sp³-hybridized carbons (Fsp3) is 0.207. The molecule has 0 aliphatic carbocycles. The molecule has 0 aliphatic rings. The van der Waals surface area contributed by atoms with Gasteiger partial charge in [-0.2, -0.15) is 0 Å². The van der Waals surface area contributed by atoms with Crippen LogP contribution < -0.4 is 10.1 Å². The first-order valence-corrected chi connectivity index (χ1v) is 11.2. The summed E-state index contributed by atoms with van der Waals surface area (Å²) in [5.41, 5.74) is 8.78. The van der Waals surface area contributed by atoms with Gasteiger partial charge >= 0.3 is 0 Å². The molecular weight excluding hydrogens is 410 g/mol. The summed E-state index contributed by atoms with van der Waals surface area (Å²) in [5, 5.41) is 3.99. The van der Waals surface area contributed by atoms with Gasteiger partial charge in [-0.05, 0) is 69.0 Å². The van der Waals surface area contributed by atoms with Gasteiger partial charge in [0.25, 0.3) is 0 Å². The van der Waals surface area contributed by atoms with Crippen molar-refractivity contribution in [3.8, 4) is 16.9 Å². The van der Waals surface area contributed by atoms with Crippen LogP contribution in [-0.2, 0) is 4.79 Å². The Balaban J connectivity index is 1.73. The Labute approximate surface area is 194 Å². The van der Waals surface area contributed by atoms with E-state index in [2.05, 4.69) is 42.6 Å². The number of anilines is 1. The molecule has 4 aromatic rings. The van der Waals surface area contributed by atoms with Crippen molar-refractivity contribution in [3.63, 3.8) is 0 Å². The summed E-state index contributed by atoms with van der Waals surface area (Å²) in [6, 6.07) is 18.2. The predicted octanol–water partition coefficient (Wildman–Crippen LogP) is 7.47. The zero-order valence-electron chi connectivity index (χ0n) is 19.8. The van der Waals surface area contributed by atoms with Crippen LogP contribution in [0.1, 0.15) is 36.1 Å². The molecular formula is C29H29NO3. The first kappa shape index (κ1) is 22.4. The minimum atomic E-state index is -0.172. The van der Waals surface area contributed by atoms with Crippen LogP contribution in [0.25, 0.3) is 27.7 Å². The van der Waals surface area contributed by atoms with Gasteiger partial charge in [0.15, 0.2) is 0 Å². The smallest absolute Gasteiger partial charge is 0.248 e. The van der Waals surface area contributed by atoms with E-state index in [1.54, 1.807) is 12.3 Å². The zero-order valence-corrected chi connectivity index (χ0v) is 19.8. The number of amides is 1. The van der Waals surface area contributed by atoms with E-state index in [4.69, 9.17) is 9.15 Å². The van der Waals surface area contributed by atoms with Gasteiger partial charge in [-0.1, -0.05) is 42.0 Å². The average Bonchev–Trinajstić information content (AvgIpc) is 3.20. The number of hydrogen-bond acceptors (Lipinski definition) is 3. The number of furan rings is 1. The standard InChI is InChI=1S/C29H29NO3/c1-6-32-27-16-28-24(25(17-33-28)22-12-10-18(2)11-13-22)15-23(27)20(4)14-29(31)30-26-9-7-8-19(3)21(26)5/h7-17H,6H2,1-5H3,(H,30,31)/b20-14+. The summed E-state index contributed by atoms with van der Waals surface area (Å²) >= 11 is 0. The number of rotatable bonds is 6. The van der Waals surface area contributed by atoms with Crippen LogP contribution in [0.2, 0.25) is 0 Å². The maximum atomic E-state index is 12.8. The number of allylic oxidation sites excluding steroid dienone is 1. The largest absolute Gasteiger partial charge is 0.493 e. The summed E-state index contributed by atoms with van der Waals surface area (Å²) < 4.78 is 11.8. The van der Waals surface area contributed by atoms with Gasteiger partial charge in [0.1, 0.15) is 11.3 Å². The van der Waals surface area contributed by atoms with Gasteiger partial charge < -0.3 is 14.5 Å². The van der Waals surface area contributed by atoms with Crippen molar-refractivity contribution in [2.24, 2.45) is 0 Å². The van der Waals surface area contributed by atoms with E-state index in [9.17, 15) is 4.79 Å². The summed E-state index contributed by atoms with van der Waals surface area (Å²) in [4.78, 5) is 12.8. The van der Waals surface area contributed by atoms with E-state index in [-0.39, 0.29) is 5.91 Å². The lowest BCUT2D eigenvalue weighted by Gasteiger charge is -2.12. The van der Waals surface area contributed by atoms with Crippen molar-refractivity contribution >= 4 is 28.1 Å². The highest BCUT2D eigenvalue weighted by Crippen LogP contribution is 2.37. The Bertz CT molecular complexity index is 1340. The lowest BCUT2D eigenvalue weighted by Crippen LogP contribution is -2.10. The second-order valence-corrected chi connectivity index (χ2v) is 8.36. The number of carbonyl (C=O) groups is 1. The first-order chi connectivity index (χ1) is 15.9. The molecule has 0 aliphatic heterocycles. The van der Waals surface area contributed by atoms with Crippen molar-refractivity contribution < 1.29 is 13.9 Å². The highest BCUT2D eigenvalue weighted by atomic mass is 16.5. The van der Waals surface area contributed by atoms with Crippen LogP contribution in [0.5, 0.6) is 5.75 Å². The summed E-state index contributed by atoms with van der Waals surface area (Å²) in [7, 11) is 0. The van der Waals surface area contributed by atoms with Crippen LogP contribution in [0.4, 0.5) is 5.69 Å². The molecule has 4 heteroatoms. The van der Waals surface area contributed by atoms with E-state index >= 15 is 0 Å². The number of aryl methyl sites for hydroxylation is 2. The van der Waals surface area contributed by atoms with Gasteiger partial charge in [-0.3, -0.25) is 4.79 Å². The van der Waals surface area contributed by atoms with Crippen LogP contribution in [-0.4, -0.2) is 12.5 Å². The predicted molar refractivity (Wildman–Crippen MR) is 136 cm³/mol. The lowest BCUT2D eigenvalue weighted by atomic mass is 9.98. The molecule has 33 heavy (non-hydrogen) atoms. The van der Waals surface area contributed by atoms with E-state index in [1.807, 2.05) is 52.0 Å². The molecule has 4 rings (SSSR count). The molecule has 1 aromatic heterocycles. The lowest BCUT2D eigenvalue weighted by molar-refractivity contribution is -0.111. The maximum absolute atomic E-state index is 12.8. The Hall–Kier alpha value is -3.79. The fourth-order valence-electron chi connectivity index (χ4n) is 3.92. The highest BCUT2D eigenvalue weighted by Gasteiger charge is 2.15. The molecule has 0 bridgehead atoms. The third-order valence-electron chi connectivity index (χ3n) is 5.97. The SMILES string of the molecule is CCOc1cc2occ(-c3ccc(C)cc3)c2cc1/C(C)=C/C(=O)Nc1cccc(C)c1C. The number of fused-ring (bicyclic) bond motifs is 1. The molecule has 3 aromatic carbocycles. The summed E-state index contributed by atoms with van der Waals surface area (Å²) in [5.74, 6) is 0.526. The van der Waals surface area contributed by atoms with Crippen LogP contribution in [0, 0.1) is 20.8 Å². The third-order valence-corrected chi connectivity index (χ3v) is 5.97. The third kappa shape index (κ3) is 4.70. The minimum Gasteiger partial charge on any atom is -0.493 e. The quantitative estimate of drug-likeness (QED) is 0.317. The van der Waals surface area contributed by atoms with Crippen LogP contribution >= 0.6 is 0 Å². The van der Waals surface area contributed by atoms with Crippen LogP contribution in [0.15, 0.2) is 71.4 Å². The zero-order chi connectivity index (χ0) is 23.5. The number of carbonyl (C=O) groups excluding carboxylic acids is 1. The number of hydrogen-bond donors (Lipinski definition) is 1. The molecule has 168 valence electrons. The molecule has 0 atom stereocenters. The van der Waals surface area contributed by atoms with Crippen molar-refractivity contribution in [1.82, 2.24) is 0 Å². The molecule has 1 N–H and O–H groups in total. The number of benzene rings is 3. The second kappa shape index (κ2) is 9.37. The second-order valence-electron chi connectivity index (χ2n) is 8.36. The Kier molecular flexibility index (Phi) is 6.36. The molecule has 0 unspecified atom stereocenters.